The van der Waals surface area contributed by atoms with Crippen LogP contribution in [0.1, 0.15) is 104 Å². The van der Waals surface area contributed by atoms with E-state index in [1.807, 2.05) is 48.5 Å². The van der Waals surface area contributed by atoms with Crippen LogP contribution < -0.4 is 14.8 Å². The molecule has 6 rings (SSSR count). The van der Waals surface area contributed by atoms with E-state index in [4.69, 9.17) is 42.1 Å². The molecule has 4 fully saturated rings. The molecule has 10 heteroatoms. The first-order valence-corrected chi connectivity index (χ1v) is 20.7. The summed E-state index contributed by atoms with van der Waals surface area (Å²) >= 11 is 15.1. The van der Waals surface area contributed by atoms with Crippen LogP contribution in [0.15, 0.2) is 48.5 Å². The minimum absolute atomic E-state index is 0. The largest absolute Gasteiger partial charge is 0.487 e. The monoisotopic (exact) mass is 818 g/mol. The summed E-state index contributed by atoms with van der Waals surface area (Å²) in [6, 6.07) is 15.3. The molecule has 0 spiro atoms. The van der Waals surface area contributed by atoms with Gasteiger partial charge in [-0.15, -0.1) is 12.4 Å². The van der Waals surface area contributed by atoms with E-state index in [2.05, 4.69) is 40.0 Å². The van der Waals surface area contributed by atoms with Crippen molar-refractivity contribution in [2.45, 2.75) is 127 Å². The van der Waals surface area contributed by atoms with Gasteiger partial charge in [-0.2, -0.15) is 0 Å². The molecule has 2 aliphatic carbocycles. The Labute approximate surface area is 327 Å². The van der Waals surface area contributed by atoms with Crippen molar-refractivity contribution in [2.75, 3.05) is 51.3 Å². The van der Waals surface area contributed by atoms with Gasteiger partial charge in [0.25, 0.3) is 0 Å². The van der Waals surface area contributed by atoms with Crippen molar-refractivity contribution >= 4 is 51.5 Å². The molecular formula is C40H62BrCl3N2O4. The van der Waals surface area contributed by atoms with Gasteiger partial charge in [0, 0.05) is 35.0 Å². The van der Waals surface area contributed by atoms with Crippen molar-refractivity contribution in [1.29, 1.82) is 0 Å². The minimum atomic E-state index is -0.0748. The molecule has 0 unspecified atom stereocenters. The SMILES string of the molecule is BrCCOC1CCCCC1.CC1(Oc2ccc(Cl)cc2)CCN(CCOC2CCCCC2)CC1.CC1(Oc2ccc(Cl)cc2)CCNCC1.Cl. The van der Waals surface area contributed by atoms with Crippen LogP contribution in [0.4, 0.5) is 0 Å². The molecule has 50 heavy (non-hydrogen) atoms. The number of piperidine rings is 2. The summed E-state index contributed by atoms with van der Waals surface area (Å²) in [5.41, 5.74) is -0.104. The van der Waals surface area contributed by atoms with Gasteiger partial charge >= 0.3 is 0 Å². The molecule has 0 radical (unpaired) electrons. The second kappa shape index (κ2) is 23.8. The van der Waals surface area contributed by atoms with E-state index in [9.17, 15) is 0 Å². The van der Waals surface area contributed by atoms with Crippen molar-refractivity contribution < 1.29 is 18.9 Å². The van der Waals surface area contributed by atoms with Gasteiger partial charge < -0.3 is 29.2 Å². The molecular weight excluding hydrogens is 759 g/mol. The van der Waals surface area contributed by atoms with Crippen molar-refractivity contribution in [3.05, 3.63) is 58.6 Å². The van der Waals surface area contributed by atoms with E-state index in [1.54, 1.807) is 0 Å². The standard InChI is InChI=1S/C20H30ClNO2.C12H16ClNO.C8H15BrO.ClH/c1-20(24-19-9-7-17(21)8-10-19)11-13-22(14-12-20)15-16-23-18-5-3-2-4-6-18;1-12(6-8-14-9-7-12)15-11-4-2-10(13)3-5-11;9-6-7-10-8-4-2-1-3-5-8;/h7-10,18H,2-6,11-16H2,1H3;2-5,14H,6-9H2,1H3;8H,1-7H2;1H. The van der Waals surface area contributed by atoms with Crippen molar-refractivity contribution in [3.63, 3.8) is 0 Å². The summed E-state index contributed by atoms with van der Waals surface area (Å²) in [5, 5.41) is 5.81. The third kappa shape index (κ3) is 16.9. The van der Waals surface area contributed by atoms with Crippen molar-refractivity contribution in [2.24, 2.45) is 0 Å². The van der Waals surface area contributed by atoms with Crippen LogP contribution in [-0.2, 0) is 9.47 Å². The Morgan fingerprint density at radius 3 is 1.52 bits per heavy atom. The fourth-order valence-electron chi connectivity index (χ4n) is 7.01. The van der Waals surface area contributed by atoms with Crippen LogP contribution in [0.3, 0.4) is 0 Å². The number of rotatable bonds is 11. The van der Waals surface area contributed by atoms with Crippen LogP contribution in [0.2, 0.25) is 10.0 Å². The Kier molecular flexibility index (Phi) is 20.8. The highest BCUT2D eigenvalue weighted by molar-refractivity contribution is 9.09. The lowest BCUT2D eigenvalue weighted by atomic mass is 9.93. The molecule has 2 aromatic rings. The minimum Gasteiger partial charge on any atom is -0.487 e. The molecule has 2 aromatic carbocycles. The maximum Gasteiger partial charge on any atom is 0.120 e. The molecule has 4 aliphatic rings. The van der Waals surface area contributed by atoms with Gasteiger partial charge in [0.15, 0.2) is 0 Å². The van der Waals surface area contributed by atoms with Crippen LogP contribution in [0, 0.1) is 0 Å². The van der Waals surface area contributed by atoms with Gasteiger partial charge in [-0.25, -0.2) is 0 Å². The highest BCUT2D eigenvalue weighted by Gasteiger charge is 2.32. The number of halogens is 4. The third-order valence-corrected chi connectivity index (χ3v) is 11.1. The van der Waals surface area contributed by atoms with Gasteiger partial charge in [-0.3, -0.25) is 0 Å². The molecule has 1 N–H and O–H groups in total. The molecule has 2 heterocycles. The molecule has 2 saturated carbocycles. The summed E-state index contributed by atoms with van der Waals surface area (Å²) < 4.78 is 23.9. The molecule has 2 aliphatic heterocycles. The lowest BCUT2D eigenvalue weighted by Gasteiger charge is -2.39. The predicted octanol–water partition coefficient (Wildman–Crippen LogP) is 10.9. The first-order valence-electron chi connectivity index (χ1n) is 18.9. The highest BCUT2D eigenvalue weighted by Crippen LogP contribution is 2.30. The normalized spacial score (nSPS) is 21.0. The fraction of sp³-hybridized carbons (Fsp3) is 0.700. The quantitative estimate of drug-likeness (QED) is 0.228. The zero-order valence-electron chi connectivity index (χ0n) is 30.5. The second-order valence-electron chi connectivity index (χ2n) is 14.6. The summed E-state index contributed by atoms with van der Waals surface area (Å²) in [7, 11) is 0. The lowest BCUT2D eigenvalue weighted by Crippen LogP contribution is -2.47. The maximum absolute atomic E-state index is 6.23. The predicted molar refractivity (Wildman–Crippen MR) is 215 cm³/mol. The number of likely N-dealkylation sites (tertiary alicyclic amines) is 1. The van der Waals surface area contributed by atoms with E-state index < -0.39 is 0 Å². The number of ether oxygens (including phenoxy) is 4. The first kappa shape index (κ1) is 43.6. The first-order chi connectivity index (χ1) is 23.7. The topological polar surface area (TPSA) is 52.2 Å². The van der Waals surface area contributed by atoms with Gasteiger partial charge in [-0.1, -0.05) is 77.7 Å². The number of benzene rings is 2. The average Bonchev–Trinajstić information content (AvgIpc) is 3.12. The highest BCUT2D eigenvalue weighted by atomic mass is 79.9. The lowest BCUT2D eigenvalue weighted by molar-refractivity contribution is -0.0120. The maximum atomic E-state index is 6.23. The van der Waals surface area contributed by atoms with Gasteiger partial charge in [0.2, 0.25) is 0 Å². The summed E-state index contributed by atoms with van der Waals surface area (Å²) in [6.45, 7) is 11.4. The van der Waals surface area contributed by atoms with E-state index in [0.29, 0.717) is 12.2 Å². The number of hydrogen-bond acceptors (Lipinski definition) is 6. The summed E-state index contributed by atoms with van der Waals surface area (Å²) in [4.78, 5) is 2.51. The average molecular weight is 821 g/mol. The Morgan fingerprint density at radius 2 is 1.08 bits per heavy atom. The number of hydrogen-bond donors (Lipinski definition) is 1. The van der Waals surface area contributed by atoms with Crippen LogP contribution in [0.5, 0.6) is 11.5 Å². The van der Waals surface area contributed by atoms with Gasteiger partial charge in [0.05, 0.1) is 25.4 Å². The molecule has 0 atom stereocenters. The Morgan fingerprint density at radius 1 is 0.660 bits per heavy atom. The van der Waals surface area contributed by atoms with Gasteiger partial charge in [0.1, 0.15) is 22.7 Å². The van der Waals surface area contributed by atoms with E-state index >= 15 is 0 Å². The number of alkyl halides is 1. The number of nitrogens with one attached hydrogen (secondary N) is 1. The van der Waals surface area contributed by atoms with E-state index in [-0.39, 0.29) is 23.6 Å². The molecule has 2 saturated heterocycles. The van der Waals surface area contributed by atoms with Crippen molar-refractivity contribution in [3.8, 4) is 11.5 Å². The Balaban J connectivity index is 0.000000222. The molecule has 0 amide bonds. The number of nitrogens with zero attached hydrogens (tertiary/aromatic N) is 1. The zero-order valence-corrected chi connectivity index (χ0v) is 34.4. The Hall–Kier alpha value is -0.770. The van der Waals surface area contributed by atoms with E-state index in [1.165, 1.54) is 64.2 Å². The molecule has 284 valence electrons. The summed E-state index contributed by atoms with van der Waals surface area (Å²) in [5.74, 6) is 1.82. The fourth-order valence-corrected chi connectivity index (χ4v) is 7.45. The second-order valence-corrected chi connectivity index (χ2v) is 16.2. The smallest absolute Gasteiger partial charge is 0.120 e. The third-order valence-electron chi connectivity index (χ3n) is 10.2. The van der Waals surface area contributed by atoms with Crippen LogP contribution in [-0.4, -0.2) is 79.6 Å². The van der Waals surface area contributed by atoms with Crippen LogP contribution >= 0.6 is 51.5 Å². The molecule has 0 aromatic heterocycles. The summed E-state index contributed by atoms with van der Waals surface area (Å²) in [6.07, 6.45) is 18.6. The van der Waals surface area contributed by atoms with Crippen LogP contribution in [0.25, 0.3) is 0 Å². The zero-order chi connectivity index (χ0) is 34.8. The van der Waals surface area contributed by atoms with Crippen molar-refractivity contribution in [1.82, 2.24) is 10.2 Å². The van der Waals surface area contributed by atoms with E-state index in [0.717, 1.165) is 98.5 Å². The molecule has 6 nitrogen and oxygen atoms in total. The molecule has 0 bridgehead atoms. The Bertz CT molecular complexity index is 1150. The van der Waals surface area contributed by atoms with Gasteiger partial charge in [-0.05, 0) is 127 Å².